The lowest BCUT2D eigenvalue weighted by molar-refractivity contribution is 0.122. The summed E-state index contributed by atoms with van der Waals surface area (Å²) >= 11 is 0. The number of anilines is 2. The molecule has 2 aliphatic rings. The van der Waals surface area contributed by atoms with E-state index in [1.54, 1.807) is 12.4 Å². The molecule has 1 saturated carbocycles. The van der Waals surface area contributed by atoms with E-state index in [1.807, 2.05) is 7.05 Å². The number of morpholine rings is 1. The number of aromatic nitrogens is 6. The van der Waals surface area contributed by atoms with Crippen molar-refractivity contribution in [3.8, 4) is 11.4 Å². The molecule has 0 bridgehead atoms. The van der Waals surface area contributed by atoms with Crippen LogP contribution in [-0.4, -0.2) is 55.8 Å². The van der Waals surface area contributed by atoms with Crippen LogP contribution in [0.5, 0.6) is 0 Å². The van der Waals surface area contributed by atoms with Crippen molar-refractivity contribution in [3.63, 3.8) is 0 Å². The topological polar surface area (TPSA) is 108 Å². The van der Waals surface area contributed by atoms with E-state index in [4.69, 9.17) is 25.4 Å². The van der Waals surface area contributed by atoms with E-state index in [0.717, 1.165) is 41.5 Å². The summed E-state index contributed by atoms with van der Waals surface area (Å²) in [5.41, 5.74) is 8.08. The second-order valence-corrected chi connectivity index (χ2v) is 7.13. The first-order valence-corrected chi connectivity index (χ1v) is 9.35. The number of rotatable bonds is 3. The van der Waals surface area contributed by atoms with Gasteiger partial charge in [0.05, 0.1) is 18.8 Å². The van der Waals surface area contributed by atoms with Gasteiger partial charge in [-0.15, -0.1) is 0 Å². The van der Waals surface area contributed by atoms with Gasteiger partial charge in [0, 0.05) is 38.4 Å². The van der Waals surface area contributed by atoms with Crippen LogP contribution in [0.3, 0.4) is 0 Å². The Bertz CT molecular complexity index is 973. The third-order valence-corrected chi connectivity index (χ3v) is 5.45. The standard InChI is InChI=1S/C18H22N8O/c1-25-15(11-3-2-4-11)22-13-16(25)23-14(12-9-20-18(19)21-10-12)24-17(13)26-5-7-27-8-6-26/h9-11H,2-8H2,1H3,(H2,19,20,21). The summed E-state index contributed by atoms with van der Waals surface area (Å²) in [6.07, 6.45) is 6.97. The zero-order chi connectivity index (χ0) is 18.4. The van der Waals surface area contributed by atoms with Gasteiger partial charge in [0.1, 0.15) is 5.82 Å². The van der Waals surface area contributed by atoms with Gasteiger partial charge in [-0.2, -0.15) is 0 Å². The Balaban J connectivity index is 1.69. The van der Waals surface area contributed by atoms with Crippen molar-refractivity contribution in [2.45, 2.75) is 25.2 Å². The lowest BCUT2D eigenvalue weighted by Gasteiger charge is -2.28. The number of hydrogen-bond donors (Lipinski definition) is 1. The largest absolute Gasteiger partial charge is 0.378 e. The zero-order valence-electron chi connectivity index (χ0n) is 15.3. The van der Waals surface area contributed by atoms with Crippen molar-refractivity contribution in [2.24, 2.45) is 7.05 Å². The minimum atomic E-state index is 0.237. The van der Waals surface area contributed by atoms with Crippen LogP contribution in [0.4, 0.5) is 11.8 Å². The highest BCUT2D eigenvalue weighted by Crippen LogP contribution is 2.38. The molecule has 27 heavy (non-hydrogen) atoms. The van der Waals surface area contributed by atoms with Crippen molar-refractivity contribution in [2.75, 3.05) is 36.9 Å². The average Bonchev–Trinajstić information content (AvgIpc) is 2.98. The summed E-state index contributed by atoms with van der Waals surface area (Å²) in [7, 11) is 2.04. The Morgan fingerprint density at radius 2 is 1.81 bits per heavy atom. The van der Waals surface area contributed by atoms with Crippen molar-refractivity contribution < 1.29 is 4.74 Å². The highest BCUT2D eigenvalue weighted by atomic mass is 16.5. The summed E-state index contributed by atoms with van der Waals surface area (Å²) < 4.78 is 7.63. The number of imidazole rings is 1. The Morgan fingerprint density at radius 3 is 2.48 bits per heavy atom. The van der Waals surface area contributed by atoms with Crippen LogP contribution in [-0.2, 0) is 11.8 Å². The lowest BCUT2D eigenvalue weighted by atomic mass is 9.85. The molecule has 1 aliphatic carbocycles. The van der Waals surface area contributed by atoms with Gasteiger partial charge in [-0.1, -0.05) is 6.42 Å². The van der Waals surface area contributed by atoms with E-state index in [-0.39, 0.29) is 5.95 Å². The van der Waals surface area contributed by atoms with Crippen molar-refractivity contribution in [1.82, 2.24) is 29.5 Å². The molecule has 140 valence electrons. The van der Waals surface area contributed by atoms with Gasteiger partial charge in [-0.25, -0.2) is 24.9 Å². The summed E-state index contributed by atoms with van der Waals surface area (Å²) in [5.74, 6) is 3.31. The van der Waals surface area contributed by atoms with E-state index in [9.17, 15) is 0 Å². The molecule has 9 heteroatoms. The van der Waals surface area contributed by atoms with Gasteiger partial charge in [0.25, 0.3) is 0 Å². The van der Waals surface area contributed by atoms with Crippen molar-refractivity contribution in [1.29, 1.82) is 0 Å². The van der Waals surface area contributed by atoms with Crippen molar-refractivity contribution in [3.05, 3.63) is 18.2 Å². The Kier molecular flexibility index (Phi) is 3.89. The van der Waals surface area contributed by atoms with Gasteiger partial charge >= 0.3 is 0 Å². The number of nitrogens with two attached hydrogens (primary N) is 1. The minimum Gasteiger partial charge on any atom is -0.378 e. The van der Waals surface area contributed by atoms with Crippen LogP contribution in [0.2, 0.25) is 0 Å². The molecule has 3 aromatic heterocycles. The third-order valence-electron chi connectivity index (χ3n) is 5.45. The van der Waals surface area contributed by atoms with E-state index in [1.165, 1.54) is 19.3 Å². The number of fused-ring (bicyclic) bond motifs is 1. The molecule has 2 fully saturated rings. The molecule has 1 saturated heterocycles. The molecule has 0 radical (unpaired) electrons. The molecule has 0 atom stereocenters. The fraction of sp³-hybridized carbons (Fsp3) is 0.500. The number of hydrogen-bond acceptors (Lipinski definition) is 8. The van der Waals surface area contributed by atoms with E-state index in [2.05, 4.69) is 19.4 Å². The van der Waals surface area contributed by atoms with Crippen LogP contribution < -0.4 is 10.6 Å². The van der Waals surface area contributed by atoms with Gasteiger partial charge in [0.2, 0.25) is 5.95 Å². The van der Waals surface area contributed by atoms with Crippen LogP contribution in [0, 0.1) is 0 Å². The zero-order valence-corrected chi connectivity index (χ0v) is 15.3. The lowest BCUT2D eigenvalue weighted by Crippen LogP contribution is -2.37. The third kappa shape index (κ3) is 2.78. The molecule has 0 aromatic carbocycles. The fourth-order valence-electron chi connectivity index (χ4n) is 3.67. The van der Waals surface area contributed by atoms with Crippen molar-refractivity contribution >= 4 is 22.9 Å². The number of nitrogens with zero attached hydrogens (tertiary/aromatic N) is 7. The quantitative estimate of drug-likeness (QED) is 0.743. The van der Waals surface area contributed by atoms with Crippen LogP contribution in [0.25, 0.3) is 22.6 Å². The molecular formula is C18H22N8O. The summed E-state index contributed by atoms with van der Waals surface area (Å²) in [4.78, 5) is 25.0. The summed E-state index contributed by atoms with van der Waals surface area (Å²) in [6.45, 7) is 2.96. The molecule has 3 aromatic rings. The number of ether oxygens (including phenoxy) is 1. The van der Waals surface area contributed by atoms with Gasteiger partial charge in [0.15, 0.2) is 22.8 Å². The maximum Gasteiger partial charge on any atom is 0.219 e. The maximum atomic E-state index is 5.63. The molecule has 0 unspecified atom stereocenters. The minimum absolute atomic E-state index is 0.237. The predicted molar refractivity (Wildman–Crippen MR) is 101 cm³/mol. The smallest absolute Gasteiger partial charge is 0.219 e. The highest BCUT2D eigenvalue weighted by Gasteiger charge is 2.28. The van der Waals surface area contributed by atoms with Gasteiger partial charge in [-0.3, -0.25) is 0 Å². The maximum absolute atomic E-state index is 5.63. The van der Waals surface area contributed by atoms with Gasteiger partial charge < -0.3 is 19.9 Å². The first-order chi connectivity index (χ1) is 13.2. The van der Waals surface area contributed by atoms with Gasteiger partial charge in [-0.05, 0) is 12.8 Å². The summed E-state index contributed by atoms with van der Waals surface area (Å²) in [6, 6.07) is 0. The highest BCUT2D eigenvalue weighted by molar-refractivity contribution is 5.86. The average molecular weight is 366 g/mol. The molecule has 0 spiro atoms. The molecule has 9 nitrogen and oxygen atoms in total. The monoisotopic (exact) mass is 366 g/mol. The molecule has 5 rings (SSSR count). The Morgan fingerprint density at radius 1 is 1.07 bits per heavy atom. The molecule has 4 heterocycles. The SMILES string of the molecule is Cn1c(C2CCC2)nc2c(N3CCOCC3)nc(-c3cnc(N)nc3)nc21. The fourth-order valence-corrected chi connectivity index (χ4v) is 3.67. The Hall–Kier alpha value is -2.81. The Labute approximate surface area is 156 Å². The second-order valence-electron chi connectivity index (χ2n) is 7.13. The second kappa shape index (κ2) is 6.41. The van der Waals surface area contributed by atoms with Crippen LogP contribution >= 0.6 is 0 Å². The molecule has 0 amide bonds. The molecule has 2 N–H and O–H groups in total. The molecule has 1 aliphatic heterocycles. The molecular weight excluding hydrogens is 344 g/mol. The first kappa shape index (κ1) is 16.4. The van der Waals surface area contributed by atoms with Crippen LogP contribution in [0.1, 0.15) is 31.0 Å². The number of aryl methyl sites for hydroxylation is 1. The predicted octanol–water partition coefficient (Wildman–Crippen LogP) is 1.51. The first-order valence-electron chi connectivity index (χ1n) is 9.35. The van der Waals surface area contributed by atoms with E-state index in [0.29, 0.717) is 25.0 Å². The van der Waals surface area contributed by atoms with E-state index < -0.39 is 0 Å². The summed E-state index contributed by atoms with van der Waals surface area (Å²) in [5, 5.41) is 0. The van der Waals surface area contributed by atoms with E-state index >= 15 is 0 Å². The normalized spacial score (nSPS) is 18.0. The van der Waals surface area contributed by atoms with Crippen LogP contribution in [0.15, 0.2) is 12.4 Å². The number of nitrogen functional groups attached to an aromatic ring is 1.